The summed E-state index contributed by atoms with van der Waals surface area (Å²) in [5.41, 5.74) is 9.76. The first-order valence-electron chi connectivity index (χ1n) is 10.6. The van der Waals surface area contributed by atoms with Crippen LogP contribution in [0.1, 0.15) is 37.4 Å². The Labute approximate surface area is 204 Å². The number of nitrogens with zero attached hydrogens (tertiary/aromatic N) is 1. The van der Waals surface area contributed by atoms with Crippen LogP contribution in [0.2, 0.25) is 0 Å². The summed E-state index contributed by atoms with van der Waals surface area (Å²) in [6, 6.07) is 15.7. The number of hydrogen-bond acceptors (Lipinski definition) is 4. The predicted octanol–water partition coefficient (Wildman–Crippen LogP) is -0.0654. The van der Waals surface area contributed by atoms with Crippen molar-refractivity contribution in [3.63, 3.8) is 0 Å². The summed E-state index contributed by atoms with van der Waals surface area (Å²) in [4.78, 5) is 25.2. The fourth-order valence-corrected chi connectivity index (χ4v) is 4.34. The van der Waals surface area contributed by atoms with E-state index in [1.165, 1.54) is 5.56 Å². The van der Waals surface area contributed by atoms with Crippen molar-refractivity contribution < 1.29 is 40.6 Å². The van der Waals surface area contributed by atoms with Gasteiger partial charge in [0, 0.05) is 24.0 Å². The molecule has 7 heteroatoms. The number of pyridine rings is 1. The highest BCUT2D eigenvalue weighted by atomic mass is 79.9. The lowest BCUT2D eigenvalue weighted by Crippen LogP contribution is -3.00. The van der Waals surface area contributed by atoms with E-state index in [4.69, 9.17) is 15.2 Å². The van der Waals surface area contributed by atoms with Gasteiger partial charge < -0.3 is 32.2 Å². The molecule has 0 saturated carbocycles. The lowest BCUT2D eigenvalue weighted by Gasteiger charge is -2.10. The quantitative estimate of drug-likeness (QED) is 0.430. The summed E-state index contributed by atoms with van der Waals surface area (Å²) in [5.74, 6) is 0.464. The lowest BCUT2D eigenvalue weighted by atomic mass is 9.93. The van der Waals surface area contributed by atoms with Crippen molar-refractivity contribution in [1.29, 1.82) is 0 Å². The lowest BCUT2D eigenvalue weighted by molar-refractivity contribution is -0.696. The fourth-order valence-electron chi connectivity index (χ4n) is 4.34. The summed E-state index contributed by atoms with van der Waals surface area (Å²) in [6.45, 7) is 0.734. The Hall–Kier alpha value is -3.19. The van der Waals surface area contributed by atoms with Crippen LogP contribution < -0.4 is 36.8 Å². The number of ether oxygens (including phenoxy) is 2. The summed E-state index contributed by atoms with van der Waals surface area (Å²) in [7, 11) is 3.13. The molecule has 172 valence electrons. The first-order valence-corrected chi connectivity index (χ1v) is 10.6. The maximum Gasteiger partial charge on any atom is 0.255 e. The summed E-state index contributed by atoms with van der Waals surface area (Å²) >= 11 is 0. The van der Waals surface area contributed by atoms with Crippen molar-refractivity contribution in [2.45, 2.75) is 25.8 Å². The van der Waals surface area contributed by atoms with Crippen molar-refractivity contribution in [2.24, 2.45) is 11.7 Å². The van der Waals surface area contributed by atoms with Crippen LogP contribution in [0.4, 0.5) is 0 Å². The third-order valence-electron chi connectivity index (χ3n) is 6.05. The van der Waals surface area contributed by atoms with E-state index in [2.05, 4.69) is 12.1 Å². The maximum atomic E-state index is 13.1. The van der Waals surface area contributed by atoms with Crippen LogP contribution in [0.5, 0.6) is 11.5 Å². The number of rotatable bonds is 8. The normalized spacial score (nSPS) is 14.4. The van der Waals surface area contributed by atoms with Crippen LogP contribution in [0.25, 0.3) is 0 Å². The van der Waals surface area contributed by atoms with E-state index in [-0.39, 0.29) is 28.7 Å². The van der Waals surface area contributed by atoms with Crippen LogP contribution in [0, 0.1) is 5.92 Å². The van der Waals surface area contributed by atoms with Crippen LogP contribution in [-0.4, -0.2) is 25.9 Å². The molecule has 1 heterocycles. The van der Waals surface area contributed by atoms with E-state index < -0.39 is 5.91 Å². The first kappa shape index (κ1) is 24.5. The zero-order valence-electron chi connectivity index (χ0n) is 18.7. The molecule has 0 radical (unpaired) electrons. The van der Waals surface area contributed by atoms with E-state index >= 15 is 0 Å². The highest BCUT2D eigenvalue weighted by Crippen LogP contribution is 2.37. The van der Waals surface area contributed by atoms with Crippen LogP contribution in [0.15, 0.2) is 60.9 Å². The first-order chi connectivity index (χ1) is 15.5. The molecule has 33 heavy (non-hydrogen) atoms. The third-order valence-corrected chi connectivity index (χ3v) is 6.05. The van der Waals surface area contributed by atoms with Gasteiger partial charge in [0.05, 0.1) is 14.2 Å². The van der Waals surface area contributed by atoms with E-state index in [1.807, 2.05) is 41.1 Å². The van der Waals surface area contributed by atoms with Crippen LogP contribution in [0.3, 0.4) is 0 Å². The van der Waals surface area contributed by atoms with Gasteiger partial charge in [-0.1, -0.05) is 30.3 Å². The summed E-state index contributed by atoms with van der Waals surface area (Å²) in [6.07, 6.45) is 5.64. The highest BCUT2D eigenvalue weighted by molar-refractivity contribution is 6.03. The fraction of sp³-hybridized carbons (Fsp3) is 0.269. The standard InChI is InChI=1S/C26H26N2O4.BrH/c1-31-23-14-19-13-20(25(29)21(19)15-24(23)32-2)12-18-9-11-28(16-22(18)26(27)30)10-8-17-6-4-3-5-7-17;/h3-7,9,11,14-16,20H,8,10,12-13H2,1-2H3,(H-,27,30);1H. The molecule has 4 rings (SSSR count). The molecule has 0 aliphatic heterocycles. The molecule has 0 fully saturated rings. The van der Waals surface area contributed by atoms with Crippen molar-refractivity contribution in [2.75, 3.05) is 14.2 Å². The van der Waals surface area contributed by atoms with Gasteiger partial charge in [-0.25, -0.2) is 4.57 Å². The second-order valence-electron chi connectivity index (χ2n) is 8.06. The number of amides is 1. The third kappa shape index (κ3) is 5.25. The number of aryl methyl sites for hydroxylation is 2. The van der Waals surface area contributed by atoms with Crippen molar-refractivity contribution in [3.8, 4) is 11.5 Å². The molecule has 0 bridgehead atoms. The molecule has 1 aliphatic rings. The van der Waals surface area contributed by atoms with Gasteiger partial charge in [0.1, 0.15) is 5.56 Å². The number of benzene rings is 2. The van der Waals surface area contributed by atoms with E-state index in [1.54, 1.807) is 26.5 Å². The molecule has 1 amide bonds. The molecule has 2 N–H and O–H groups in total. The molecular formula is C26H27BrN2O4. The zero-order valence-corrected chi connectivity index (χ0v) is 20.3. The van der Waals surface area contributed by atoms with Gasteiger partial charge in [0.25, 0.3) is 5.91 Å². The van der Waals surface area contributed by atoms with Crippen LogP contribution >= 0.6 is 0 Å². The number of halogens is 1. The topological polar surface area (TPSA) is 82.5 Å². The molecule has 1 atom stereocenters. The van der Waals surface area contributed by atoms with E-state index in [0.29, 0.717) is 35.5 Å². The number of methoxy groups -OCH3 is 2. The smallest absolute Gasteiger partial charge is 0.255 e. The molecule has 2 aromatic carbocycles. The minimum absolute atomic E-state index is 0. The number of ketones is 1. The Kier molecular flexibility index (Phi) is 7.87. The number of primary amides is 1. The largest absolute Gasteiger partial charge is 1.00 e. The molecule has 0 spiro atoms. The van der Waals surface area contributed by atoms with E-state index in [0.717, 1.165) is 24.1 Å². The number of nitrogens with two attached hydrogens (primary N) is 1. The van der Waals surface area contributed by atoms with Gasteiger partial charge in [0.15, 0.2) is 36.2 Å². The molecule has 1 aromatic heterocycles. The number of hydrogen-bond donors (Lipinski definition) is 1. The Morgan fingerprint density at radius 3 is 2.45 bits per heavy atom. The molecule has 3 aromatic rings. The SMILES string of the molecule is COc1cc2c(cc1OC)C(=O)C(Cc1cc[n+](CCc3ccccc3)cc1C(N)=O)C2.[Br-]. The second-order valence-corrected chi connectivity index (χ2v) is 8.06. The van der Waals surface area contributed by atoms with Crippen molar-refractivity contribution in [1.82, 2.24) is 0 Å². The monoisotopic (exact) mass is 510 g/mol. The number of fused-ring (bicyclic) bond motifs is 1. The van der Waals surface area contributed by atoms with Gasteiger partial charge in [0.2, 0.25) is 0 Å². The second kappa shape index (κ2) is 10.6. The Balaban J connectivity index is 0.00000306. The van der Waals surface area contributed by atoms with Gasteiger partial charge in [-0.05, 0) is 41.7 Å². The average Bonchev–Trinajstić information content (AvgIpc) is 3.12. The molecule has 1 unspecified atom stereocenters. The minimum Gasteiger partial charge on any atom is -1.00 e. The Morgan fingerprint density at radius 1 is 1.09 bits per heavy atom. The van der Waals surface area contributed by atoms with Crippen molar-refractivity contribution >= 4 is 11.7 Å². The zero-order chi connectivity index (χ0) is 22.7. The predicted molar refractivity (Wildman–Crippen MR) is 120 cm³/mol. The van der Waals surface area contributed by atoms with Gasteiger partial charge in [-0.2, -0.15) is 0 Å². The van der Waals surface area contributed by atoms with Crippen LogP contribution in [-0.2, 0) is 25.8 Å². The van der Waals surface area contributed by atoms with Gasteiger partial charge >= 0.3 is 0 Å². The highest BCUT2D eigenvalue weighted by Gasteiger charge is 2.33. The van der Waals surface area contributed by atoms with Crippen molar-refractivity contribution in [3.05, 3.63) is 88.7 Å². The minimum atomic E-state index is -0.486. The number of carbonyl (C=O) groups is 2. The number of Topliss-reactive ketones (excluding diaryl/α,β-unsaturated/α-hetero) is 1. The molecular weight excluding hydrogens is 484 g/mol. The Morgan fingerprint density at radius 2 is 1.79 bits per heavy atom. The molecule has 0 saturated heterocycles. The van der Waals surface area contributed by atoms with Gasteiger partial charge in [-0.3, -0.25) is 9.59 Å². The molecule has 1 aliphatic carbocycles. The summed E-state index contributed by atoms with van der Waals surface area (Å²) < 4.78 is 12.7. The van der Waals surface area contributed by atoms with E-state index in [9.17, 15) is 9.59 Å². The Bertz CT molecular complexity index is 1160. The number of carbonyl (C=O) groups excluding carboxylic acids is 2. The number of aromatic nitrogens is 1. The average molecular weight is 511 g/mol. The maximum absolute atomic E-state index is 13.1. The molecule has 6 nitrogen and oxygen atoms in total. The van der Waals surface area contributed by atoms with Gasteiger partial charge in [-0.15, -0.1) is 0 Å². The summed E-state index contributed by atoms with van der Waals surface area (Å²) in [5, 5.41) is 0.